The number of benzene rings is 1. The van der Waals surface area contributed by atoms with Crippen LogP contribution in [-0.4, -0.2) is 7.11 Å². The number of rotatable bonds is 2. The van der Waals surface area contributed by atoms with E-state index in [1.54, 1.807) is 13.2 Å². The SMILES string of the molecule is [CH2]C(C)c1cc(C#N)cc(OC)c1. The molecule has 0 spiro atoms. The zero-order chi connectivity index (χ0) is 9.84. The Morgan fingerprint density at radius 1 is 1.46 bits per heavy atom. The van der Waals surface area contributed by atoms with E-state index in [4.69, 9.17) is 10.00 Å². The molecule has 1 aromatic rings. The second kappa shape index (κ2) is 3.95. The molecule has 2 heteroatoms. The van der Waals surface area contributed by atoms with Crippen molar-refractivity contribution in [2.75, 3.05) is 7.11 Å². The normalized spacial score (nSPS) is 9.77. The lowest BCUT2D eigenvalue weighted by Crippen LogP contribution is -1.91. The third-order valence-electron chi connectivity index (χ3n) is 1.86. The minimum atomic E-state index is 0.169. The Balaban J connectivity index is 3.17. The molecule has 0 heterocycles. The summed E-state index contributed by atoms with van der Waals surface area (Å²) in [5.41, 5.74) is 1.64. The highest BCUT2D eigenvalue weighted by molar-refractivity contribution is 5.42. The lowest BCUT2D eigenvalue weighted by molar-refractivity contribution is 0.414. The largest absolute Gasteiger partial charge is 0.497 e. The molecule has 1 rings (SSSR count). The van der Waals surface area contributed by atoms with Crippen LogP contribution in [0.1, 0.15) is 24.0 Å². The number of nitriles is 1. The van der Waals surface area contributed by atoms with Crippen LogP contribution in [0.2, 0.25) is 0 Å². The third-order valence-corrected chi connectivity index (χ3v) is 1.86. The standard InChI is InChI=1S/C11H12NO/c1-8(2)10-4-9(7-12)5-11(6-10)13-3/h4-6,8H,1H2,2-3H3. The van der Waals surface area contributed by atoms with Gasteiger partial charge in [0.05, 0.1) is 18.7 Å². The number of nitrogens with zero attached hydrogens (tertiary/aromatic N) is 1. The van der Waals surface area contributed by atoms with E-state index in [1.165, 1.54) is 0 Å². The van der Waals surface area contributed by atoms with Gasteiger partial charge < -0.3 is 4.74 Å². The van der Waals surface area contributed by atoms with Crippen LogP contribution in [0.5, 0.6) is 5.75 Å². The number of ether oxygens (including phenoxy) is 1. The third kappa shape index (κ3) is 2.22. The minimum absolute atomic E-state index is 0.169. The number of hydrogen-bond acceptors (Lipinski definition) is 2. The van der Waals surface area contributed by atoms with Crippen LogP contribution in [0, 0.1) is 18.3 Å². The van der Waals surface area contributed by atoms with E-state index in [2.05, 4.69) is 13.0 Å². The highest BCUT2D eigenvalue weighted by atomic mass is 16.5. The van der Waals surface area contributed by atoms with E-state index in [1.807, 2.05) is 19.1 Å². The lowest BCUT2D eigenvalue weighted by Gasteiger charge is -2.07. The van der Waals surface area contributed by atoms with E-state index < -0.39 is 0 Å². The number of hydrogen-bond donors (Lipinski definition) is 0. The van der Waals surface area contributed by atoms with Crippen molar-refractivity contribution in [3.63, 3.8) is 0 Å². The van der Waals surface area contributed by atoms with Gasteiger partial charge in [0.25, 0.3) is 0 Å². The molecule has 0 saturated heterocycles. The van der Waals surface area contributed by atoms with Crippen molar-refractivity contribution in [1.29, 1.82) is 5.26 Å². The number of methoxy groups -OCH3 is 1. The van der Waals surface area contributed by atoms with E-state index in [0.717, 1.165) is 5.56 Å². The molecule has 0 amide bonds. The van der Waals surface area contributed by atoms with Crippen LogP contribution in [0.3, 0.4) is 0 Å². The van der Waals surface area contributed by atoms with Crippen LogP contribution < -0.4 is 4.74 Å². The average Bonchev–Trinajstić information content (AvgIpc) is 2.16. The fraction of sp³-hybridized carbons (Fsp3) is 0.273. The molecule has 1 unspecified atom stereocenters. The highest BCUT2D eigenvalue weighted by Gasteiger charge is 2.03. The molecule has 67 valence electrons. The zero-order valence-corrected chi connectivity index (χ0v) is 7.87. The van der Waals surface area contributed by atoms with Crippen LogP contribution in [0.25, 0.3) is 0 Å². The van der Waals surface area contributed by atoms with Crippen molar-refractivity contribution in [3.05, 3.63) is 36.2 Å². The maximum atomic E-state index is 8.74. The fourth-order valence-corrected chi connectivity index (χ4v) is 1.09. The fourth-order valence-electron chi connectivity index (χ4n) is 1.09. The summed E-state index contributed by atoms with van der Waals surface area (Å²) >= 11 is 0. The molecule has 0 fully saturated rings. The smallest absolute Gasteiger partial charge is 0.120 e. The molecule has 0 saturated carbocycles. The van der Waals surface area contributed by atoms with Gasteiger partial charge in [0.2, 0.25) is 0 Å². The summed E-state index contributed by atoms with van der Waals surface area (Å²) in [7, 11) is 1.59. The van der Waals surface area contributed by atoms with Gasteiger partial charge in [0, 0.05) is 0 Å². The Kier molecular flexibility index (Phi) is 2.92. The first-order chi connectivity index (χ1) is 6.17. The first-order valence-electron chi connectivity index (χ1n) is 4.09. The van der Waals surface area contributed by atoms with E-state index in [-0.39, 0.29) is 5.92 Å². The summed E-state index contributed by atoms with van der Waals surface area (Å²) in [6.07, 6.45) is 0. The Labute approximate surface area is 78.8 Å². The zero-order valence-electron chi connectivity index (χ0n) is 7.87. The molecular weight excluding hydrogens is 162 g/mol. The average molecular weight is 174 g/mol. The van der Waals surface area contributed by atoms with Gasteiger partial charge in [0.1, 0.15) is 5.75 Å². The maximum absolute atomic E-state index is 8.74. The van der Waals surface area contributed by atoms with Crippen LogP contribution in [-0.2, 0) is 0 Å². The Hall–Kier alpha value is -1.49. The van der Waals surface area contributed by atoms with E-state index in [0.29, 0.717) is 11.3 Å². The van der Waals surface area contributed by atoms with Crippen LogP contribution in [0.4, 0.5) is 0 Å². The molecular formula is C11H12NO. The highest BCUT2D eigenvalue weighted by Crippen LogP contribution is 2.22. The monoisotopic (exact) mass is 174 g/mol. The Morgan fingerprint density at radius 2 is 2.15 bits per heavy atom. The molecule has 1 atom stereocenters. The topological polar surface area (TPSA) is 33.0 Å². The predicted octanol–water partition coefficient (Wildman–Crippen LogP) is 2.50. The van der Waals surface area contributed by atoms with E-state index in [9.17, 15) is 0 Å². The lowest BCUT2D eigenvalue weighted by atomic mass is 10.0. The second-order valence-corrected chi connectivity index (χ2v) is 3.01. The summed E-state index contributed by atoms with van der Waals surface area (Å²) in [6.45, 7) is 5.88. The Bertz CT molecular complexity index is 336. The van der Waals surface area contributed by atoms with E-state index >= 15 is 0 Å². The second-order valence-electron chi connectivity index (χ2n) is 3.01. The van der Waals surface area contributed by atoms with Gasteiger partial charge in [-0.2, -0.15) is 5.26 Å². The summed E-state index contributed by atoms with van der Waals surface area (Å²) in [6, 6.07) is 7.54. The molecule has 1 aromatic carbocycles. The first-order valence-corrected chi connectivity index (χ1v) is 4.09. The quantitative estimate of drug-likeness (QED) is 0.690. The van der Waals surface area contributed by atoms with Gasteiger partial charge in [-0.3, -0.25) is 0 Å². The molecule has 0 N–H and O–H groups in total. The van der Waals surface area contributed by atoms with Crippen molar-refractivity contribution in [1.82, 2.24) is 0 Å². The first kappa shape index (κ1) is 9.60. The summed E-state index contributed by atoms with van der Waals surface area (Å²) in [5, 5.41) is 8.74. The van der Waals surface area contributed by atoms with Crippen molar-refractivity contribution in [2.45, 2.75) is 12.8 Å². The summed E-state index contributed by atoms with van der Waals surface area (Å²) < 4.78 is 5.07. The van der Waals surface area contributed by atoms with Crippen molar-refractivity contribution >= 4 is 0 Å². The Morgan fingerprint density at radius 3 is 2.62 bits per heavy atom. The van der Waals surface area contributed by atoms with Gasteiger partial charge in [-0.25, -0.2) is 0 Å². The molecule has 2 nitrogen and oxygen atoms in total. The maximum Gasteiger partial charge on any atom is 0.120 e. The van der Waals surface area contributed by atoms with Gasteiger partial charge >= 0.3 is 0 Å². The molecule has 1 radical (unpaired) electrons. The molecule has 0 aromatic heterocycles. The van der Waals surface area contributed by atoms with Crippen molar-refractivity contribution in [2.24, 2.45) is 0 Å². The summed E-state index contributed by atoms with van der Waals surface area (Å²) in [5.74, 6) is 0.881. The van der Waals surface area contributed by atoms with Crippen molar-refractivity contribution < 1.29 is 4.74 Å². The van der Waals surface area contributed by atoms with Crippen LogP contribution in [0.15, 0.2) is 18.2 Å². The molecule has 13 heavy (non-hydrogen) atoms. The van der Waals surface area contributed by atoms with Gasteiger partial charge in [0.15, 0.2) is 0 Å². The minimum Gasteiger partial charge on any atom is -0.497 e. The van der Waals surface area contributed by atoms with Gasteiger partial charge in [-0.15, -0.1) is 0 Å². The van der Waals surface area contributed by atoms with Gasteiger partial charge in [-0.05, 0) is 36.6 Å². The summed E-state index contributed by atoms with van der Waals surface area (Å²) in [4.78, 5) is 0. The molecule has 0 bridgehead atoms. The predicted molar refractivity (Wildman–Crippen MR) is 51.5 cm³/mol. The van der Waals surface area contributed by atoms with Gasteiger partial charge in [-0.1, -0.05) is 6.92 Å². The molecule has 0 aliphatic rings. The van der Waals surface area contributed by atoms with Crippen molar-refractivity contribution in [3.8, 4) is 11.8 Å². The van der Waals surface area contributed by atoms with Crippen LogP contribution >= 0.6 is 0 Å². The molecule has 0 aliphatic carbocycles. The molecule has 0 aliphatic heterocycles.